The molecule has 0 radical (unpaired) electrons. The summed E-state index contributed by atoms with van der Waals surface area (Å²) in [6.45, 7) is 7.34. The molecule has 1 saturated carbocycles. The molecule has 2 heterocycles. The molecule has 6 nitrogen and oxygen atoms in total. The quantitative estimate of drug-likeness (QED) is 0.801. The molecule has 1 fully saturated rings. The van der Waals surface area contributed by atoms with E-state index < -0.39 is 0 Å². The highest BCUT2D eigenvalue weighted by Crippen LogP contribution is 2.43. The average molecular weight is 318 g/mol. The number of hydrogen-bond acceptors (Lipinski definition) is 4. The zero-order chi connectivity index (χ0) is 16.7. The lowest BCUT2D eigenvalue weighted by Gasteiger charge is -2.47. The molecular weight excluding hydrogens is 292 g/mol. The minimum atomic E-state index is -0.299. The van der Waals surface area contributed by atoms with Crippen molar-refractivity contribution in [1.82, 2.24) is 19.9 Å². The van der Waals surface area contributed by atoms with E-state index in [9.17, 15) is 9.90 Å². The second kappa shape index (κ2) is 5.76. The lowest BCUT2D eigenvalue weighted by Crippen LogP contribution is -2.55. The first-order chi connectivity index (χ1) is 10.8. The van der Waals surface area contributed by atoms with Crippen LogP contribution in [0.4, 0.5) is 0 Å². The third-order valence-electron chi connectivity index (χ3n) is 4.84. The second-order valence-corrected chi connectivity index (χ2v) is 7.89. The Morgan fingerprint density at radius 2 is 2.26 bits per heavy atom. The third kappa shape index (κ3) is 3.33. The largest absolute Gasteiger partial charge is 0.394 e. The third-order valence-corrected chi connectivity index (χ3v) is 4.84. The van der Waals surface area contributed by atoms with Gasteiger partial charge in [-0.2, -0.15) is 0 Å². The Kier molecular flexibility index (Phi) is 4.06. The van der Waals surface area contributed by atoms with Gasteiger partial charge in [-0.1, -0.05) is 20.8 Å². The van der Waals surface area contributed by atoms with Gasteiger partial charge in [0.15, 0.2) is 5.65 Å². The van der Waals surface area contributed by atoms with E-state index in [0.717, 1.165) is 12.8 Å². The van der Waals surface area contributed by atoms with E-state index >= 15 is 0 Å². The predicted octanol–water partition coefficient (Wildman–Crippen LogP) is 1.69. The first kappa shape index (κ1) is 16.2. The number of hydrogen-bond donors (Lipinski definition) is 3. The SMILES string of the molecule is CC1CC(C)(C)CC(CO)(NCc2cc(=O)n3[nH]ccc3n2)C1. The van der Waals surface area contributed by atoms with Crippen LogP contribution in [-0.2, 0) is 6.54 Å². The van der Waals surface area contributed by atoms with Gasteiger partial charge < -0.3 is 10.4 Å². The summed E-state index contributed by atoms with van der Waals surface area (Å²) in [5.74, 6) is 0.559. The van der Waals surface area contributed by atoms with Crippen molar-refractivity contribution in [2.24, 2.45) is 11.3 Å². The Morgan fingerprint density at radius 1 is 1.48 bits per heavy atom. The minimum Gasteiger partial charge on any atom is -0.394 e. The fourth-order valence-electron chi connectivity index (χ4n) is 4.40. The Labute approximate surface area is 135 Å². The molecule has 0 bridgehead atoms. The van der Waals surface area contributed by atoms with Crippen molar-refractivity contribution in [3.8, 4) is 0 Å². The highest BCUT2D eigenvalue weighted by atomic mass is 16.3. The molecule has 0 amide bonds. The number of fused-ring (bicyclic) bond motifs is 1. The molecule has 1 aliphatic carbocycles. The van der Waals surface area contributed by atoms with E-state index in [4.69, 9.17) is 0 Å². The van der Waals surface area contributed by atoms with Gasteiger partial charge in [0.05, 0.1) is 12.3 Å². The molecule has 2 unspecified atom stereocenters. The van der Waals surface area contributed by atoms with Crippen molar-refractivity contribution in [3.63, 3.8) is 0 Å². The minimum absolute atomic E-state index is 0.103. The van der Waals surface area contributed by atoms with Gasteiger partial charge in [-0.05, 0) is 30.6 Å². The normalized spacial score (nSPS) is 27.4. The van der Waals surface area contributed by atoms with Gasteiger partial charge in [0, 0.05) is 30.4 Å². The molecule has 3 rings (SSSR count). The summed E-state index contributed by atoms with van der Waals surface area (Å²) in [7, 11) is 0. The highest BCUT2D eigenvalue weighted by molar-refractivity contribution is 5.36. The summed E-state index contributed by atoms with van der Waals surface area (Å²) in [4.78, 5) is 16.5. The van der Waals surface area contributed by atoms with Gasteiger partial charge in [-0.15, -0.1) is 0 Å². The number of aliphatic hydroxyl groups excluding tert-OH is 1. The molecule has 23 heavy (non-hydrogen) atoms. The molecule has 0 saturated heterocycles. The number of H-pyrrole nitrogens is 1. The fraction of sp³-hybridized carbons (Fsp3) is 0.647. The fourth-order valence-corrected chi connectivity index (χ4v) is 4.40. The zero-order valence-corrected chi connectivity index (χ0v) is 14.1. The van der Waals surface area contributed by atoms with Crippen LogP contribution in [0.15, 0.2) is 23.1 Å². The monoisotopic (exact) mass is 318 g/mol. The van der Waals surface area contributed by atoms with Gasteiger partial charge >= 0.3 is 0 Å². The maximum Gasteiger partial charge on any atom is 0.272 e. The van der Waals surface area contributed by atoms with Crippen LogP contribution in [0.2, 0.25) is 0 Å². The van der Waals surface area contributed by atoms with Crippen LogP contribution in [0.25, 0.3) is 5.65 Å². The molecule has 0 aromatic carbocycles. The average Bonchev–Trinajstić information content (AvgIpc) is 2.92. The van der Waals surface area contributed by atoms with Gasteiger partial charge in [-0.25, -0.2) is 9.50 Å². The van der Waals surface area contributed by atoms with E-state index in [-0.39, 0.29) is 23.1 Å². The Hall–Kier alpha value is -1.66. The van der Waals surface area contributed by atoms with Gasteiger partial charge in [-0.3, -0.25) is 9.89 Å². The highest BCUT2D eigenvalue weighted by Gasteiger charge is 2.42. The molecule has 126 valence electrons. The van der Waals surface area contributed by atoms with E-state index in [1.807, 2.05) is 0 Å². The van der Waals surface area contributed by atoms with Gasteiger partial charge in [0.1, 0.15) is 0 Å². The Morgan fingerprint density at radius 3 is 2.96 bits per heavy atom. The Bertz CT molecular complexity index is 748. The van der Waals surface area contributed by atoms with Crippen molar-refractivity contribution in [2.45, 2.75) is 52.1 Å². The van der Waals surface area contributed by atoms with Crippen molar-refractivity contribution < 1.29 is 5.11 Å². The maximum absolute atomic E-state index is 12.0. The lowest BCUT2D eigenvalue weighted by molar-refractivity contribution is 0.0350. The summed E-state index contributed by atoms with van der Waals surface area (Å²) in [6, 6.07) is 3.32. The molecule has 6 heteroatoms. The lowest BCUT2D eigenvalue weighted by atomic mass is 9.64. The smallest absolute Gasteiger partial charge is 0.272 e. The number of nitrogens with zero attached hydrogens (tertiary/aromatic N) is 2. The van der Waals surface area contributed by atoms with Crippen LogP contribution in [0.1, 0.15) is 45.7 Å². The standard InChI is InChI=1S/C17H26N4O2/c1-12-7-16(2,3)10-17(8-12,11-22)18-9-13-6-15(23)21-14(20-13)4-5-19-21/h4-6,12,18-19,22H,7-11H2,1-3H3. The number of aromatic nitrogens is 3. The van der Waals surface area contributed by atoms with Crippen molar-refractivity contribution in [2.75, 3.05) is 6.61 Å². The van der Waals surface area contributed by atoms with Crippen LogP contribution in [0.3, 0.4) is 0 Å². The van der Waals surface area contributed by atoms with E-state index in [1.165, 1.54) is 10.9 Å². The number of rotatable bonds is 4. The molecular formula is C17H26N4O2. The van der Waals surface area contributed by atoms with Crippen LogP contribution in [-0.4, -0.2) is 31.9 Å². The molecule has 1 aliphatic rings. The topological polar surface area (TPSA) is 82.4 Å². The van der Waals surface area contributed by atoms with Crippen molar-refractivity contribution in [1.29, 1.82) is 0 Å². The molecule has 2 aromatic rings. The summed E-state index contributed by atoms with van der Waals surface area (Å²) >= 11 is 0. The van der Waals surface area contributed by atoms with Crippen LogP contribution in [0.5, 0.6) is 0 Å². The first-order valence-electron chi connectivity index (χ1n) is 8.25. The van der Waals surface area contributed by atoms with Crippen molar-refractivity contribution in [3.05, 3.63) is 34.4 Å². The van der Waals surface area contributed by atoms with Crippen LogP contribution >= 0.6 is 0 Å². The maximum atomic E-state index is 12.0. The summed E-state index contributed by atoms with van der Waals surface area (Å²) in [6.07, 6.45) is 4.73. The molecule has 2 aromatic heterocycles. The van der Waals surface area contributed by atoms with Gasteiger partial charge in [0.2, 0.25) is 0 Å². The van der Waals surface area contributed by atoms with E-state index in [0.29, 0.717) is 23.8 Å². The van der Waals surface area contributed by atoms with Gasteiger partial charge in [0.25, 0.3) is 5.56 Å². The predicted molar refractivity (Wildman–Crippen MR) is 89.3 cm³/mol. The molecule has 0 aliphatic heterocycles. The number of nitrogens with one attached hydrogen (secondary N) is 2. The number of aliphatic hydroxyl groups is 1. The van der Waals surface area contributed by atoms with Crippen LogP contribution < -0.4 is 10.9 Å². The Balaban J connectivity index is 1.80. The van der Waals surface area contributed by atoms with Crippen LogP contribution in [0, 0.1) is 11.3 Å². The summed E-state index contributed by atoms with van der Waals surface area (Å²) in [5.41, 5.74) is 1.10. The molecule has 0 spiro atoms. The summed E-state index contributed by atoms with van der Waals surface area (Å²) in [5, 5.41) is 16.3. The first-order valence-corrected chi connectivity index (χ1v) is 8.25. The van der Waals surface area contributed by atoms with E-state index in [1.54, 1.807) is 18.3 Å². The second-order valence-electron chi connectivity index (χ2n) is 7.89. The molecule has 3 N–H and O–H groups in total. The summed E-state index contributed by atoms with van der Waals surface area (Å²) < 4.78 is 1.41. The number of aromatic amines is 1. The van der Waals surface area contributed by atoms with Crippen molar-refractivity contribution >= 4 is 5.65 Å². The zero-order valence-electron chi connectivity index (χ0n) is 14.1. The van der Waals surface area contributed by atoms with E-state index in [2.05, 4.69) is 36.2 Å². The molecule has 2 atom stereocenters.